The van der Waals surface area contributed by atoms with E-state index in [4.69, 9.17) is 0 Å². The minimum Gasteiger partial charge on any atom is -0.324 e. The lowest BCUT2D eigenvalue weighted by molar-refractivity contribution is -0.142. The standard InChI is InChI=1S/C23H20N2O3/c26-19(24-18-7-3-5-12-4-1-2-6-13(12)18)11-25-22(27)20-14-8-9-15(17-10-16(14)17)21(20)23(25)28/h1-9,14-17,20-21H,10-11H2,(H,24,26)/t14-,15-,16-,17-,20-,21-/m1/s1. The van der Waals surface area contributed by atoms with Crippen LogP contribution in [0.5, 0.6) is 0 Å². The fraction of sp³-hybridized carbons (Fsp3) is 0.348. The number of carbonyl (C=O) groups is 3. The predicted octanol–water partition coefficient (Wildman–Crippen LogP) is 2.83. The number of amides is 3. The number of hydrogen-bond acceptors (Lipinski definition) is 3. The second-order valence-corrected chi connectivity index (χ2v) is 8.49. The molecule has 6 atom stereocenters. The number of anilines is 1. The van der Waals surface area contributed by atoms with Crippen molar-refractivity contribution in [2.45, 2.75) is 6.42 Å². The SMILES string of the molecule is O=C(CN1C(=O)[C@@H]2[C@@H]3C=C[C@H]([C@H]4C[C@H]34)[C@H]2C1=O)Nc1cccc2ccccc12. The maximum atomic E-state index is 13.0. The normalized spacial score (nSPS) is 34.5. The molecular formula is C23H20N2O3. The van der Waals surface area contributed by atoms with E-state index in [1.165, 1.54) is 4.90 Å². The van der Waals surface area contributed by atoms with Crippen molar-refractivity contribution in [2.75, 3.05) is 11.9 Å². The first-order valence-corrected chi connectivity index (χ1v) is 9.94. The molecule has 1 aliphatic heterocycles. The Balaban J connectivity index is 1.23. The summed E-state index contributed by atoms with van der Waals surface area (Å²) in [6.45, 7) is -0.206. The van der Waals surface area contributed by atoms with Gasteiger partial charge in [0.05, 0.1) is 11.8 Å². The Morgan fingerprint density at radius 1 is 0.929 bits per heavy atom. The van der Waals surface area contributed by atoms with Crippen LogP contribution in [0.3, 0.4) is 0 Å². The van der Waals surface area contributed by atoms with Gasteiger partial charge in [0, 0.05) is 11.1 Å². The van der Waals surface area contributed by atoms with Gasteiger partial charge in [-0.3, -0.25) is 19.3 Å². The van der Waals surface area contributed by atoms with Crippen molar-refractivity contribution in [3.8, 4) is 0 Å². The lowest BCUT2D eigenvalue weighted by atomic mass is 9.63. The molecule has 2 saturated carbocycles. The Morgan fingerprint density at radius 3 is 2.29 bits per heavy atom. The van der Waals surface area contributed by atoms with Gasteiger partial charge in [-0.15, -0.1) is 0 Å². The quantitative estimate of drug-likeness (QED) is 0.666. The van der Waals surface area contributed by atoms with Crippen LogP contribution in [0.2, 0.25) is 0 Å². The van der Waals surface area contributed by atoms with Gasteiger partial charge in [-0.2, -0.15) is 0 Å². The molecule has 0 aromatic heterocycles. The molecule has 2 aromatic carbocycles. The number of rotatable bonds is 3. The predicted molar refractivity (Wildman–Crippen MR) is 104 cm³/mol. The summed E-state index contributed by atoms with van der Waals surface area (Å²) in [5.74, 6) is 0.344. The highest BCUT2D eigenvalue weighted by Gasteiger charge is 2.67. The van der Waals surface area contributed by atoms with E-state index < -0.39 is 0 Å². The third kappa shape index (κ3) is 2.10. The van der Waals surface area contributed by atoms with E-state index in [2.05, 4.69) is 17.5 Å². The molecule has 5 heteroatoms. The highest BCUT2D eigenvalue weighted by atomic mass is 16.2. The second-order valence-electron chi connectivity index (χ2n) is 8.49. The van der Waals surface area contributed by atoms with Crippen LogP contribution in [-0.2, 0) is 14.4 Å². The first-order chi connectivity index (χ1) is 13.6. The van der Waals surface area contributed by atoms with E-state index in [-0.39, 0.29) is 47.9 Å². The van der Waals surface area contributed by atoms with E-state index in [0.717, 1.165) is 17.2 Å². The van der Waals surface area contributed by atoms with Crippen LogP contribution >= 0.6 is 0 Å². The first-order valence-electron chi connectivity index (χ1n) is 9.94. The van der Waals surface area contributed by atoms with Crippen LogP contribution in [0.15, 0.2) is 54.6 Å². The van der Waals surface area contributed by atoms with Crippen LogP contribution in [0.4, 0.5) is 5.69 Å². The number of nitrogens with one attached hydrogen (secondary N) is 1. The molecule has 7 rings (SSSR count). The molecule has 4 aliphatic carbocycles. The van der Waals surface area contributed by atoms with Gasteiger partial charge in [-0.1, -0.05) is 48.6 Å². The minimum absolute atomic E-state index is 0.159. The first kappa shape index (κ1) is 16.0. The fourth-order valence-electron chi connectivity index (χ4n) is 5.84. The van der Waals surface area contributed by atoms with Gasteiger partial charge in [-0.25, -0.2) is 0 Å². The van der Waals surface area contributed by atoms with E-state index in [0.29, 0.717) is 17.5 Å². The number of fused-ring (bicyclic) bond motifs is 1. The molecule has 3 fully saturated rings. The molecular weight excluding hydrogens is 352 g/mol. The zero-order chi connectivity index (χ0) is 19.0. The molecule has 2 aromatic rings. The summed E-state index contributed by atoms with van der Waals surface area (Å²) in [4.78, 5) is 39.9. The van der Waals surface area contributed by atoms with E-state index in [1.54, 1.807) is 0 Å². The zero-order valence-electron chi connectivity index (χ0n) is 15.2. The van der Waals surface area contributed by atoms with Crippen LogP contribution in [0.1, 0.15) is 6.42 Å². The molecule has 1 heterocycles. The van der Waals surface area contributed by atoms with Crippen molar-refractivity contribution in [3.05, 3.63) is 54.6 Å². The molecule has 3 amide bonds. The molecule has 1 N–H and O–H groups in total. The van der Waals surface area contributed by atoms with Gasteiger partial charge in [0.2, 0.25) is 17.7 Å². The van der Waals surface area contributed by atoms with E-state index in [1.807, 2.05) is 42.5 Å². The summed E-state index contributed by atoms with van der Waals surface area (Å²) < 4.78 is 0. The van der Waals surface area contributed by atoms with Gasteiger partial charge in [0.25, 0.3) is 0 Å². The number of nitrogens with zero attached hydrogens (tertiary/aromatic N) is 1. The van der Waals surface area contributed by atoms with Gasteiger partial charge < -0.3 is 5.32 Å². The summed E-state index contributed by atoms with van der Waals surface area (Å²) in [6.07, 6.45) is 5.42. The smallest absolute Gasteiger partial charge is 0.244 e. The van der Waals surface area contributed by atoms with Crippen LogP contribution in [0.25, 0.3) is 10.8 Å². The Morgan fingerprint density at radius 2 is 1.57 bits per heavy atom. The van der Waals surface area contributed by atoms with E-state index in [9.17, 15) is 14.4 Å². The Labute approximate surface area is 162 Å². The molecule has 0 unspecified atom stereocenters. The number of allylic oxidation sites excluding steroid dienone is 2. The van der Waals surface area contributed by atoms with Gasteiger partial charge >= 0.3 is 0 Å². The number of carbonyl (C=O) groups excluding carboxylic acids is 3. The lowest BCUT2D eigenvalue weighted by Crippen LogP contribution is -2.40. The molecule has 5 nitrogen and oxygen atoms in total. The summed E-state index contributed by atoms with van der Waals surface area (Å²) in [5.41, 5.74) is 0.697. The molecule has 140 valence electrons. The number of benzene rings is 2. The van der Waals surface area contributed by atoms with Crippen LogP contribution in [0, 0.1) is 35.5 Å². The van der Waals surface area contributed by atoms with Crippen molar-refractivity contribution < 1.29 is 14.4 Å². The molecule has 2 bridgehead atoms. The Bertz CT molecular complexity index is 1030. The molecule has 0 spiro atoms. The van der Waals surface area contributed by atoms with Crippen molar-refractivity contribution in [2.24, 2.45) is 35.5 Å². The van der Waals surface area contributed by atoms with Crippen molar-refractivity contribution in [3.63, 3.8) is 0 Å². The number of likely N-dealkylation sites (tertiary alicyclic amines) is 1. The summed E-state index contributed by atoms with van der Waals surface area (Å²) in [7, 11) is 0. The number of hydrogen-bond donors (Lipinski definition) is 1. The Hall–Kier alpha value is -2.95. The zero-order valence-corrected chi connectivity index (χ0v) is 15.2. The van der Waals surface area contributed by atoms with Crippen molar-refractivity contribution in [1.82, 2.24) is 4.90 Å². The molecule has 5 aliphatic rings. The van der Waals surface area contributed by atoms with Gasteiger partial charge in [0.15, 0.2) is 0 Å². The van der Waals surface area contributed by atoms with Gasteiger partial charge in [-0.05, 0) is 41.5 Å². The molecule has 28 heavy (non-hydrogen) atoms. The minimum atomic E-state index is -0.331. The van der Waals surface area contributed by atoms with Gasteiger partial charge in [0.1, 0.15) is 6.54 Å². The largest absolute Gasteiger partial charge is 0.324 e. The summed E-state index contributed by atoms with van der Waals surface area (Å²) >= 11 is 0. The summed E-state index contributed by atoms with van der Waals surface area (Å²) in [6, 6.07) is 13.5. The maximum absolute atomic E-state index is 13.0. The highest BCUT2D eigenvalue weighted by Crippen LogP contribution is 2.65. The highest BCUT2D eigenvalue weighted by molar-refractivity contribution is 6.10. The van der Waals surface area contributed by atoms with Crippen LogP contribution < -0.4 is 5.32 Å². The fourth-order valence-corrected chi connectivity index (χ4v) is 5.84. The maximum Gasteiger partial charge on any atom is 0.244 e. The third-order valence-electron chi connectivity index (χ3n) is 7.12. The Kier molecular flexibility index (Phi) is 3.17. The van der Waals surface area contributed by atoms with Crippen molar-refractivity contribution in [1.29, 1.82) is 0 Å². The third-order valence-corrected chi connectivity index (χ3v) is 7.12. The average Bonchev–Trinajstić information content (AvgIpc) is 3.49. The van der Waals surface area contributed by atoms with Crippen molar-refractivity contribution >= 4 is 34.2 Å². The molecule has 1 saturated heterocycles. The monoisotopic (exact) mass is 372 g/mol. The topological polar surface area (TPSA) is 66.5 Å². The average molecular weight is 372 g/mol. The summed E-state index contributed by atoms with van der Waals surface area (Å²) in [5, 5.41) is 4.86. The second kappa shape index (κ2) is 5.53. The number of imide groups is 1. The van der Waals surface area contributed by atoms with E-state index >= 15 is 0 Å². The lowest BCUT2D eigenvalue weighted by Gasteiger charge is -2.37. The van der Waals surface area contributed by atoms with Crippen LogP contribution in [-0.4, -0.2) is 29.2 Å². The molecule has 0 radical (unpaired) electrons.